The normalized spacial score (nSPS) is 14.1. The molecule has 1 atom stereocenters. The first-order valence-corrected chi connectivity index (χ1v) is 5.56. The molecule has 1 unspecified atom stereocenters. The van der Waals surface area contributed by atoms with Gasteiger partial charge in [-0.2, -0.15) is 0 Å². The van der Waals surface area contributed by atoms with Crippen LogP contribution in [0.5, 0.6) is 0 Å². The topological polar surface area (TPSA) is 0 Å². The van der Waals surface area contributed by atoms with E-state index in [2.05, 4.69) is 58.9 Å². The number of hydrogen-bond acceptors (Lipinski definition) is 0. The van der Waals surface area contributed by atoms with Gasteiger partial charge in [0, 0.05) is 0 Å². The van der Waals surface area contributed by atoms with Crippen LogP contribution in [0, 0.1) is 0 Å². The molecule has 0 aliphatic carbocycles. The van der Waals surface area contributed by atoms with Gasteiger partial charge >= 0.3 is 0 Å². The second-order valence-electron chi connectivity index (χ2n) is 5.15. The molecule has 0 radical (unpaired) electrons. The molecule has 0 amide bonds. The van der Waals surface area contributed by atoms with Gasteiger partial charge in [-0.1, -0.05) is 58.9 Å². The van der Waals surface area contributed by atoms with Crippen molar-refractivity contribution in [3.05, 3.63) is 35.4 Å². The zero-order valence-corrected chi connectivity index (χ0v) is 10.1. The molecule has 0 bridgehead atoms. The number of hydrogen-bond donors (Lipinski definition) is 0. The third kappa shape index (κ3) is 2.37. The Kier molecular flexibility index (Phi) is 3.36. The van der Waals surface area contributed by atoms with Gasteiger partial charge in [-0.25, -0.2) is 0 Å². The fourth-order valence-corrected chi connectivity index (χ4v) is 1.83. The molecular weight excluding hydrogens is 168 g/mol. The fourth-order valence-electron chi connectivity index (χ4n) is 1.83. The second-order valence-corrected chi connectivity index (χ2v) is 5.15. The molecular formula is C14H22. The highest BCUT2D eigenvalue weighted by atomic mass is 14.2. The maximum atomic E-state index is 2.31. The molecule has 1 aromatic rings. The molecule has 1 aromatic carbocycles. The Bertz CT molecular complexity index is 291. The van der Waals surface area contributed by atoms with Crippen LogP contribution in [0.4, 0.5) is 0 Å². The SMILES string of the molecule is CCC(C)c1ccccc1C(C)(C)C. The highest BCUT2D eigenvalue weighted by Crippen LogP contribution is 2.31. The molecule has 0 heteroatoms. The lowest BCUT2D eigenvalue weighted by Gasteiger charge is -2.25. The molecule has 0 spiro atoms. The summed E-state index contributed by atoms with van der Waals surface area (Å²) in [5.74, 6) is 0.672. The van der Waals surface area contributed by atoms with Crippen LogP contribution in [-0.2, 0) is 5.41 Å². The lowest BCUT2D eigenvalue weighted by molar-refractivity contribution is 0.570. The van der Waals surface area contributed by atoms with E-state index in [1.807, 2.05) is 0 Å². The first-order valence-electron chi connectivity index (χ1n) is 5.56. The van der Waals surface area contributed by atoms with Crippen molar-refractivity contribution in [2.45, 2.75) is 52.4 Å². The van der Waals surface area contributed by atoms with Crippen molar-refractivity contribution in [3.8, 4) is 0 Å². The molecule has 0 saturated heterocycles. The summed E-state index contributed by atoms with van der Waals surface area (Å²) in [5.41, 5.74) is 3.27. The Morgan fingerprint density at radius 2 is 1.71 bits per heavy atom. The molecule has 0 fully saturated rings. The molecule has 0 nitrogen and oxygen atoms in total. The fraction of sp³-hybridized carbons (Fsp3) is 0.571. The van der Waals surface area contributed by atoms with Gasteiger partial charge in [0.2, 0.25) is 0 Å². The van der Waals surface area contributed by atoms with Gasteiger partial charge < -0.3 is 0 Å². The summed E-state index contributed by atoms with van der Waals surface area (Å²) in [7, 11) is 0. The highest BCUT2D eigenvalue weighted by molar-refractivity contribution is 5.35. The summed E-state index contributed by atoms with van der Waals surface area (Å²) < 4.78 is 0. The smallest absolute Gasteiger partial charge is 0.0129 e. The molecule has 0 N–H and O–H groups in total. The van der Waals surface area contributed by atoms with E-state index in [1.165, 1.54) is 17.5 Å². The van der Waals surface area contributed by atoms with Gasteiger partial charge in [0.1, 0.15) is 0 Å². The average Bonchev–Trinajstić information content (AvgIpc) is 2.15. The monoisotopic (exact) mass is 190 g/mol. The summed E-state index contributed by atoms with van der Waals surface area (Å²) in [6.07, 6.45) is 1.22. The van der Waals surface area contributed by atoms with Gasteiger partial charge in [0.25, 0.3) is 0 Å². The van der Waals surface area contributed by atoms with Crippen LogP contribution in [0.3, 0.4) is 0 Å². The lowest BCUT2D eigenvalue weighted by Crippen LogP contribution is -2.15. The van der Waals surface area contributed by atoms with Crippen LogP contribution in [-0.4, -0.2) is 0 Å². The number of benzene rings is 1. The Labute approximate surface area is 88.4 Å². The van der Waals surface area contributed by atoms with Gasteiger partial charge in [-0.15, -0.1) is 0 Å². The van der Waals surface area contributed by atoms with Crippen molar-refractivity contribution in [3.63, 3.8) is 0 Å². The van der Waals surface area contributed by atoms with Crippen LogP contribution in [0.2, 0.25) is 0 Å². The molecule has 0 aliphatic rings. The van der Waals surface area contributed by atoms with E-state index in [1.54, 1.807) is 0 Å². The van der Waals surface area contributed by atoms with Crippen LogP contribution in [0.25, 0.3) is 0 Å². The van der Waals surface area contributed by atoms with Crippen LogP contribution < -0.4 is 0 Å². The highest BCUT2D eigenvalue weighted by Gasteiger charge is 2.19. The van der Waals surface area contributed by atoms with E-state index in [4.69, 9.17) is 0 Å². The molecule has 14 heavy (non-hydrogen) atoms. The maximum absolute atomic E-state index is 2.31. The van der Waals surface area contributed by atoms with E-state index in [9.17, 15) is 0 Å². The molecule has 78 valence electrons. The maximum Gasteiger partial charge on any atom is -0.0129 e. The minimum Gasteiger partial charge on any atom is -0.0648 e. The first kappa shape index (κ1) is 11.3. The summed E-state index contributed by atoms with van der Waals surface area (Å²) in [6.45, 7) is 11.4. The molecule has 1 rings (SSSR count). The van der Waals surface area contributed by atoms with E-state index in [0.29, 0.717) is 5.92 Å². The summed E-state index contributed by atoms with van der Waals surface area (Å²) in [4.78, 5) is 0. The van der Waals surface area contributed by atoms with E-state index < -0.39 is 0 Å². The third-order valence-corrected chi connectivity index (χ3v) is 2.91. The molecule has 0 aromatic heterocycles. The van der Waals surface area contributed by atoms with Gasteiger partial charge in [0.15, 0.2) is 0 Å². The zero-order valence-electron chi connectivity index (χ0n) is 10.1. The largest absolute Gasteiger partial charge is 0.0648 e. The van der Waals surface area contributed by atoms with Crippen molar-refractivity contribution in [2.75, 3.05) is 0 Å². The lowest BCUT2D eigenvalue weighted by atomic mass is 9.80. The Morgan fingerprint density at radius 3 is 2.21 bits per heavy atom. The minimum absolute atomic E-state index is 0.264. The Balaban J connectivity index is 3.16. The Morgan fingerprint density at radius 1 is 1.14 bits per heavy atom. The second kappa shape index (κ2) is 4.16. The van der Waals surface area contributed by atoms with Crippen molar-refractivity contribution in [1.82, 2.24) is 0 Å². The van der Waals surface area contributed by atoms with E-state index in [0.717, 1.165) is 0 Å². The van der Waals surface area contributed by atoms with Crippen molar-refractivity contribution in [1.29, 1.82) is 0 Å². The number of rotatable bonds is 2. The quantitative estimate of drug-likeness (QED) is 0.644. The van der Waals surface area contributed by atoms with Crippen LogP contribution in [0.15, 0.2) is 24.3 Å². The van der Waals surface area contributed by atoms with Crippen LogP contribution >= 0.6 is 0 Å². The van der Waals surface area contributed by atoms with Crippen molar-refractivity contribution < 1.29 is 0 Å². The van der Waals surface area contributed by atoms with Gasteiger partial charge in [-0.3, -0.25) is 0 Å². The average molecular weight is 190 g/mol. The summed E-state index contributed by atoms with van der Waals surface area (Å²) in [6, 6.07) is 8.83. The third-order valence-electron chi connectivity index (χ3n) is 2.91. The first-order chi connectivity index (χ1) is 6.46. The van der Waals surface area contributed by atoms with E-state index >= 15 is 0 Å². The zero-order chi connectivity index (χ0) is 10.8. The Hall–Kier alpha value is -0.780. The standard InChI is InChI=1S/C14H22/c1-6-11(2)12-9-7-8-10-13(12)14(3,4)5/h7-11H,6H2,1-5H3. The molecule has 0 heterocycles. The minimum atomic E-state index is 0.264. The molecule has 0 aliphatic heterocycles. The summed E-state index contributed by atoms with van der Waals surface area (Å²) >= 11 is 0. The van der Waals surface area contributed by atoms with Crippen molar-refractivity contribution in [2.24, 2.45) is 0 Å². The van der Waals surface area contributed by atoms with Gasteiger partial charge in [-0.05, 0) is 28.9 Å². The van der Waals surface area contributed by atoms with Gasteiger partial charge in [0.05, 0.1) is 0 Å². The van der Waals surface area contributed by atoms with Crippen LogP contribution in [0.1, 0.15) is 58.1 Å². The van der Waals surface area contributed by atoms with Crippen molar-refractivity contribution >= 4 is 0 Å². The predicted molar refractivity (Wildman–Crippen MR) is 63.8 cm³/mol. The van der Waals surface area contributed by atoms with E-state index in [-0.39, 0.29) is 5.41 Å². The molecule has 0 saturated carbocycles. The summed E-state index contributed by atoms with van der Waals surface area (Å²) in [5, 5.41) is 0. The predicted octanol–water partition coefficient (Wildman–Crippen LogP) is 4.50.